The van der Waals surface area contributed by atoms with E-state index in [1.165, 1.54) is 63.7 Å². The molecule has 3 aromatic carbocycles. The second-order valence-corrected chi connectivity index (χ2v) is 10.0. The minimum Gasteiger partial charge on any atom is -0.493 e. The Morgan fingerprint density at radius 3 is 2.18 bits per heavy atom. The molecule has 4 rings (SSSR count). The van der Waals surface area contributed by atoms with Crippen molar-refractivity contribution >= 4 is 33.2 Å². The molecule has 12 heteroatoms. The molecule has 1 heterocycles. The zero-order chi connectivity index (χ0) is 27.6. The van der Waals surface area contributed by atoms with Gasteiger partial charge in [0.15, 0.2) is 17.3 Å². The summed E-state index contributed by atoms with van der Waals surface area (Å²) in [7, 11) is -0.294. The third kappa shape index (κ3) is 4.68. The number of esters is 1. The SMILES string of the molecule is COc1cc(CC(=O)OC2=C(C(=O)c3ccccc3)N(C)S(=O)(=O)c3ccccc32)c([N+](=O)[O-])cc1OC. The van der Waals surface area contributed by atoms with Gasteiger partial charge in [-0.25, -0.2) is 8.42 Å². The van der Waals surface area contributed by atoms with Gasteiger partial charge in [0.1, 0.15) is 5.70 Å². The number of fused-ring (bicyclic) bond motifs is 1. The Labute approximate surface area is 218 Å². The number of hydrogen-bond donors (Lipinski definition) is 0. The third-order valence-electron chi connectivity index (χ3n) is 5.88. The van der Waals surface area contributed by atoms with Gasteiger partial charge in [0.05, 0.1) is 36.5 Å². The van der Waals surface area contributed by atoms with Gasteiger partial charge in [-0.1, -0.05) is 42.5 Å². The predicted molar refractivity (Wildman–Crippen MR) is 135 cm³/mol. The monoisotopic (exact) mass is 538 g/mol. The van der Waals surface area contributed by atoms with Crippen LogP contribution in [0, 0.1) is 10.1 Å². The van der Waals surface area contributed by atoms with Crippen molar-refractivity contribution in [2.24, 2.45) is 0 Å². The minimum atomic E-state index is -4.14. The molecule has 0 unspecified atom stereocenters. The smallest absolute Gasteiger partial charge is 0.316 e. The van der Waals surface area contributed by atoms with Crippen molar-refractivity contribution in [3.63, 3.8) is 0 Å². The van der Waals surface area contributed by atoms with Crippen LogP contribution in [-0.2, 0) is 26.0 Å². The molecule has 0 atom stereocenters. The number of ketones is 1. The third-order valence-corrected chi connectivity index (χ3v) is 7.70. The molecule has 0 fully saturated rings. The van der Waals surface area contributed by atoms with E-state index in [-0.39, 0.29) is 44.5 Å². The maximum Gasteiger partial charge on any atom is 0.316 e. The van der Waals surface area contributed by atoms with Crippen molar-refractivity contribution in [2.45, 2.75) is 11.3 Å². The number of nitro benzene ring substituents is 1. The van der Waals surface area contributed by atoms with Crippen molar-refractivity contribution in [3.8, 4) is 11.5 Å². The van der Waals surface area contributed by atoms with Gasteiger partial charge in [-0.05, 0) is 18.2 Å². The second-order valence-electron chi connectivity index (χ2n) is 8.09. The summed E-state index contributed by atoms with van der Waals surface area (Å²) in [6.45, 7) is 0. The highest BCUT2D eigenvalue weighted by molar-refractivity contribution is 7.89. The summed E-state index contributed by atoms with van der Waals surface area (Å²) in [5, 5.41) is 11.7. The summed E-state index contributed by atoms with van der Waals surface area (Å²) in [5.74, 6) is -1.67. The van der Waals surface area contributed by atoms with Crippen LogP contribution in [0.3, 0.4) is 0 Å². The van der Waals surface area contributed by atoms with Crippen molar-refractivity contribution < 1.29 is 37.1 Å². The molecule has 0 bridgehead atoms. The van der Waals surface area contributed by atoms with Crippen molar-refractivity contribution in [1.29, 1.82) is 0 Å². The lowest BCUT2D eigenvalue weighted by molar-refractivity contribution is -0.385. The topological polar surface area (TPSA) is 142 Å². The molecule has 0 spiro atoms. The van der Waals surface area contributed by atoms with Gasteiger partial charge in [-0.15, -0.1) is 0 Å². The van der Waals surface area contributed by atoms with Crippen LogP contribution in [0.5, 0.6) is 11.5 Å². The molecule has 1 aliphatic rings. The Morgan fingerprint density at radius 1 is 0.947 bits per heavy atom. The Bertz CT molecular complexity index is 1580. The quantitative estimate of drug-likeness (QED) is 0.182. The molecule has 0 radical (unpaired) electrons. The van der Waals surface area contributed by atoms with E-state index < -0.39 is 38.8 Å². The van der Waals surface area contributed by atoms with Crippen LogP contribution in [0.4, 0.5) is 5.69 Å². The number of allylic oxidation sites excluding steroid dienone is 1. The molecule has 0 saturated carbocycles. The molecule has 0 aliphatic carbocycles. The summed E-state index contributed by atoms with van der Waals surface area (Å²) in [6, 6.07) is 16.1. The summed E-state index contributed by atoms with van der Waals surface area (Å²) < 4.78 is 43.1. The highest BCUT2D eigenvalue weighted by atomic mass is 32.2. The lowest BCUT2D eigenvalue weighted by Crippen LogP contribution is -2.36. The maximum absolute atomic E-state index is 13.5. The standard InChI is InChI=1S/C26H22N2O9S/c1-27-24(25(30)16-9-5-4-6-10-16)26(18-11-7-8-12-22(18)38(27,33)34)37-23(29)14-17-13-20(35-2)21(36-3)15-19(17)28(31)32/h4-13,15H,14H2,1-3H3. The first-order valence-electron chi connectivity index (χ1n) is 11.1. The van der Waals surface area contributed by atoms with E-state index in [0.717, 1.165) is 10.4 Å². The predicted octanol–water partition coefficient (Wildman–Crippen LogP) is 3.58. The van der Waals surface area contributed by atoms with Gasteiger partial charge >= 0.3 is 5.97 Å². The van der Waals surface area contributed by atoms with E-state index in [4.69, 9.17) is 14.2 Å². The first-order valence-corrected chi connectivity index (χ1v) is 12.6. The lowest BCUT2D eigenvalue weighted by Gasteiger charge is -2.30. The number of carbonyl (C=O) groups excluding carboxylic acids is 2. The first-order chi connectivity index (χ1) is 18.1. The van der Waals surface area contributed by atoms with Crippen LogP contribution in [0.25, 0.3) is 5.76 Å². The van der Waals surface area contributed by atoms with Crippen molar-refractivity contribution in [1.82, 2.24) is 4.31 Å². The normalized spacial score (nSPS) is 13.9. The number of likely N-dealkylation sites (N-methyl/N-ethyl adjacent to an activating group) is 1. The Morgan fingerprint density at radius 2 is 1.55 bits per heavy atom. The first kappa shape index (κ1) is 26.4. The van der Waals surface area contributed by atoms with E-state index in [1.807, 2.05) is 0 Å². The van der Waals surface area contributed by atoms with Crippen LogP contribution in [0.2, 0.25) is 0 Å². The van der Waals surface area contributed by atoms with Gasteiger partial charge < -0.3 is 14.2 Å². The molecule has 196 valence electrons. The fourth-order valence-electron chi connectivity index (χ4n) is 4.02. The number of carbonyl (C=O) groups is 2. The Balaban J connectivity index is 1.82. The number of sulfonamides is 1. The Kier molecular flexibility index (Phi) is 7.17. The molecule has 3 aromatic rings. The second kappa shape index (κ2) is 10.3. The fraction of sp³-hybridized carbons (Fsp3) is 0.154. The summed E-state index contributed by atoms with van der Waals surface area (Å²) in [6.07, 6.45) is -0.578. The van der Waals surface area contributed by atoms with Crippen LogP contribution in [0.15, 0.2) is 77.3 Å². The zero-order valence-electron chi connectivity index (χ0n) is 20.5. The largest absolute Gasteiger partial charge is 0.493 e. The van der Waals surface area contributed by atoms with Crippen molar-refractivity contribution in [3.05, 3.63) is 99.2 Å². The molecule has 11 nitrogen and oxygen atoms in total. The van der Waals surface area contributed by atoms with E-state index in [1.54, 1.807) is 18.2 Å². The van der Waals surface area contributed by atoms with Crippen LogP contribution in [-0.4, -0.2) is 50.7 Å². The molecule has 0 saturated heterocycles. The average Bonchev–Trinajstić information content (AvgIpc) is 2.91. The van der Waals surface area contributed by atoms with Crippen LogP contribution >= 0.6 is 0 Å². The zero-order valence-corrected chi connectivity index (χ0v) is 21.4. The lowest BCUT2D eigenvalue weighted by atomic mass is 10.0. The van der Waals surface area contributed by atoms with E-state index in [9.17, 15) is 28.1 Å². The van der Waals surface area contributed by atoms with Gasteiger partial charge in [-0.3, -0.25) is 24.0 Å². The molecule has 1 aliphatic heterocycles. The van der Waals surface area contributed by atoms with Crippen LogP contribution < -0.4 is 9.47 Å². The van der Waals surface area contributed by atoms with Gasteiger partial charge in [-0.2, -0.15) is 0 Å². The minimum absolute atomic E-state index is 0.0139. The molecule has 0 amide bonds. The van der Waals surface area contributed by atoms with Gasteiger partial charge in [0.25, 0.3) is 15.7 Å². The molecular weight excluding hydrogens is 516 g/mol. The molecular formula is C26H22N2O9S. The number of methoxy groups -OCH3 is 2. The number of rotatable bonds is 8. The van der Waals surface area contributed by atoms with E-state index in [0.29, 0.717) is 0 Å². The number of nitro groups is 1. The van der Waals surface area contributed by atoms with Crippen molar-refractivity contribution in [2.75, 3.05) is 21.3 Å². The fourth-order valence-corrected chi connectivity index (χ4v) is 5.41. The maximum atomic E-state index is 13.5. The molecule has 0 aromatic heterocycles. The molecule has 38 heavy (non-hydrogen) atoms. The number of ether oxygens (including phenoxy) is 3. The highest BCUT2D eigenvalue weighted by Crippen LogP contribution is 2.39. The van der Waals surface area contributed by atoms with Gasteiger partial charge in [0.2, 0.25) is 5.78 Å². The average molecular weight is 539 g/mol. The number of hydrogen-bond acceptors (Lipinski definition) is 9. The summed E-state index contributed by atoms with van der Waals surface area (Å²) >= 11 is 0. The van der Waals surface area contributed by atoms with Gasteiger partial charge in [0, 0.05) is 23.7 Å². The molecule has 0 N–H and O–H groups in total. The Hall–Kier alpha value is -4.71. The number of nitrogens with zero attached hydrogens (tertiary/aromatic N) is 2. The highest BCUT2D eigenvalue weighted by Gasteiger charge is 2.40. The number of benzene rings is 3. The summed E-state index contributed by atoms with van der Waals surface area (Å²) in [5.41, 5.74) is -0.615. The van der Waals surface area contributed by atoms with E-state index >= 15 is 0 Å². The summed E-state index contributed by atoms with van der Waals surface area (Å²) in [4.78, 5) is 37.5. The van der Waals surface area contributed by atoms with E-state index in [2.05, 4.69) is 0 Å². The van der Waals surface area contributed by atoms with Crippen LogP contribution in [0.1, 0.15) is 21.5 Å². The number of Topliss-reactive ketones (excluding diaryl/α,β-unsaturated/α-hetero) is 1.